The van der Waals surface area contributed by atoms with Gasteiger partial charge >= 0.3 is 5.97 Å². The zero-order valence-electron chi connectivity index (χ0n) is 17.5. The van der Waals surface area contributed by atoms with Gasteiger partial charge in [-0.25, -0.2) is 4.79 Å². The van der Waals surface area contributed by atoms with Crippen LogP contribution >= 0.6 is 0 Å². The predicted octanol–water partition coefficient (Wildman–Crippen LogP) is 6.45. The van der Waals surface area contributed by atoms with Crippen LogP contribution in [0.4, 0.5) is 0 Å². The van der Waals surface area contributed by atoms with E-state index < -0.39 is 5.97 Å². The van der Waals surface area contributed by atoms with Gasteiger partial charge in [0.2, 0.25) is 0 Å². The number of carbonyl (C=O) groups excluding carboxylic acids is 1. The monoisotopic (exact) mass is 408 g/mol. The molecule has 0 saturated carbocycles. The quantitative estimate of drug-likeness (QED) is 0.260. The molecule has 0 aromatic heterocycles. The largest absolute Gasteiger partial charge is 0.425 e. The molecule has 0 unspecified atom stereocenters. The fourth-order valence-corrected chi connectivity index (χ4v) is 3.33. The third-order valence-corrected chi connectivity index (χ3v) is 5.00. The molecule has 0 heterocycles. The van der Waals surface area contributed by atoms with E-state index in [0.717, 1.165) is 16.7 Å². The Morgan fingerprint density at radius 1 is 0.677 bits per heavy atom. The Morgan fingerprint density at radius 2 is 1.29 bits per heavy atom. The highest BCUT2D eigenvalue weighted by Gasteiger charge is 2.07. The number of hydrogen-bond donors (Lipinski definition) is 0. The molecule has 3 heteroatoms. The molecule has 4 aromatic carbocycles. The SMILES string of the molecule is Cc1ccc(-c2cccc(-c3ccc(OC(=O)COCc4ccccc4)cc3)c2)cc1. The lowest BCUT2D eigenvalue weighted by molar-refractivity contribution is -0.139. The second-order valence-electron chi connectivity index (χ2n) is 7.42. The number of rotatable bonds is 7. The van der Waals surface area contributed by atoms with Crippen molar-refractivity contribution < 1.29 is 14.3 Å². The van der Waals surface area contributed by atoms with Crippen LogP contribution in [0.1, 0.15) is 11.1 Å². The Bertz CT molecular complexity index is 1130. The van der Waals surface area contributed by atoms with Gasteiger partial charge in [0.1, 0.15) is 12.4 Å². The Hall–Kier alpha value is -3.69. The first-order valence-corrected chi connectivity index (χ1v) is 10.3. The maximum absolute atomic E-state index is 12.0. The van der Waals surface area contributed by atoms with E-state index in [2.05, 4.69) is 55.5 Å². The molecule has 0 aliphatic heterocycles. The lowest BCUT2D eigenvalue weighted by Crippen LogP contribution is -2.15. The van der Waals surface area contributed by atoms with Crippen LogP contribution in [-0.2, 0) is 16.1 Å². The summed E-state index contributed by atoms with van der Waals surface area (Å²) in [7, 11) is 0. The van der Waals surface area contributed by atoms with Crippen LogP contribution in [0.2, 0.25) is 0 Å². The van der Waals surface area contributed by atoms with Crippen LogP contribution in [-0.4, -0.2) is 12.6 Å². The molecule has 4 aromatic rings. The molecule has 31 heavy (non-hydrogen) atoms. The average molecular weight is 408 g/mol. The summed E-state index contributed by atoms with van der Waals surface area (Å²) >= 11 is 0. The van der Waals surface area contributed by atoms with Crippen LogP contribution in [0.5, 0.6) is 5.75 Å². The number of hydrogen-bond acceptors (Lipinski definition) is 3. The summed E-state index contributed by atoms with van der Waals surface area (Å²) in [5.41, 5.74) is 6.80. The molecule has 0 aliphatic rings. The van der Waals surface area contributed by atoms with Gasteiger partial charge < -0.3 is 9.47 Å². The Morgan fingerprint density at radius 3 is 1.94 bits per heavy atom. The van der Waals surface area contributed by atoms with Crippen molar-refractivity contribution in [1.82, 2.24) is 0 Å². The van der Waals surface area contributed by atoms with Crippen molar-refractivity contribution in [3.63, 3.8) is 0 Å². The lowest BCUT2D eigenvalue weighted by Gasteiger charge is -2.09. The van der Waals surface area contributed by atoms with Gasteiger partial charge in [0.25, 0.3) is 0 Å². The van der Waals surface area contributed by atoms with Crippen molar-refractivity contribution >= 4 is 5.97 Å². The van der Waals surface area contributed by atoms with Crippen LogP contribution < -0.4 is 4.74 Å². The second kappa shape index (κ2) is 9.88. The maximum Gasteiger partial charge on any atom is 0.337 e. The number of esters is 1. The van der Waals surface area contributed by atoms with Crippen LogP contribution in [0, 0.1) is 6.92 Å². The van der Waals surface area contributed by atoms with Crippen LogP contribution in [0.25, 0.3) is 22.3 Å². The third kappa shape index (κ3) is 5.68. The molecule has 3 nitrogen and oxygen atoms in total. The summed E-state index contributed by atoms with van der Waals surface area (Å²) in [6.45, 7) is 2.38. The Balaban J connectivity index is 1.36. The maximum atomic E-state index is 12.0. The van der Waals surface area contributed by atoms with Gasteiger partial charge in [0, 0.05) is 0 Å². The fraction of sp³-hybridized carbons (Fsp3) is 0.107. The summed E-state index contributed by atoms with van der Waals surface area (Å²) < 4.78 is 10.8. The zero-order chi connectivity index (χ0) is 21.5. The minimum absolute atomic E-state index is 0.0881. The molecule has 0 radical (unpaired) electrons. The number of ether oxygens (including phenoxy) is 2. The molecule has 4 rings (SSSR count). The van der Waals surface area contributed by atoms with Gasteiger partial charge in [0.15, 0.2) is 0 Å². The van der Waals surface area contributed by atoms with E-state index in [1.54, 1.807) is 0 Å². The highest BCUT2D eigenvalue weighted by molar-refractivity contribution is 5.75. The molecule has 154 valence electrons. The van der Waals surface area contributed by atoms with Gasteiger partial charge in [-0.15, -0.1) is 0 Å². The molecular weight excluding hydrogens is 384 g/mol. The predicted molar refractivity (Wildman–Crippen MR) is 124 cm³/mol. The zero-order valence-corrected chi connectivity index (χ0v) is 17.5. The van der Waals surface area contributed by atoms with Crippen molar-refractivity contribution in [2.75, 3.05) is 6.61 Å². The minimum atomic E-state index is -0.412. The van der Waals surface area contributed by atoms with Gasteiger partial charge in [-0.05, 0) is 52.9 Å². The highest BCUT2D eigenvalue weighted by atomic mass is 16.6. The first-order chi connectivity index (χ1) is 15.2. The first kappa shape index (κ1) is 20.6. The van der Waals surface area contributed by atoms with Gasteiger partial charge in [0.05, 0.1) is 6.61 Å². The summed E-state index contributed by atoms with van der Waals surface area (Å²) in [5, 5.41) is 0. The summed E-state index contributed by atoms with van der Waals surface area (Å²) in [5.74, 6) is 0.0943. The number of aryl methyl sites for hydroxylation is 1. The molecule has 0 fully saturated rings. The van der Waals surface area contributed by atoms with E-state index in [9.17, 15) is 4.79 Å². The molecule has 0 saturated heterocycles. The summed E-state index contributed by atoms with van der Waals surface area (Å²) in [4.78, 5) is 12.0. The topological polar surface area (TPSA) is 35.5 Å². The summed E-state index contributed by atoms with van der Waals surface area (Å²) in [6, 6.07) is 34.2. The fourth-order valence-electron chi connectivity index (χ4n) is 3.33. The molecule has 0 aliphatic carbocycles. The van der Waals surface area contributed by atoms with E-state index in [0.29, 0.717) is 12.4 Å². The standard InChI is InChI=1S/C28H24O3/c1-21-10-12-23(13-11-21)25-8-5-9-26(18-25)24-14-16-27(17-15-24)31-28(29)20-30-19-22-6-3-2-4-7-22/h2-18H,19-20H2,1H3. The van der Waals surface area contributed by atoms with Crippen LogP contribution in [0.3, 0.4) is 0 Å². The Labute approximate surface area is 182 Å². The van der Waals surface area contributed by atoms with E-state index in [1.165, 1.54) is 16.7 Å². The molecule has 0 atom stereocenters. The normalized spacial score (nSPS) is 10.6. The van der Waals surface area contributed by atoms with Crippen molar-refractivity contribution in [3.05, 3.63) is 114 Å². The third-order valence-electron chi connectivity index (χ3n) is 5.00. The molecular formula is C28H24O3. The van der Waals surface area contributed by atoms with Gasteiger partial charge in [-0.2, -0.15) is 0 Å². The van der Waals surface area contributed by atoms with Gasteiger partial charge in [-0.1, -0.05) is 90.5 Å². The van der Waals surface area contributed by atoms with Crippen molar-refractivity contribution in [2.24, 2.45) is 0 Å². The van der Waals surface area contributed by atoms with Crippen molar-refractivity contribution in [2.45, 2.75) is 13.5 Å². The Kier molecular flexibility index (Phi) is 6.56. The van der Waals surface area contributed by atoms with E-state index in [4.69, 9.17) is 9.47 Å². The number of carbonyl (C=O) groups is 1. The second-order valence-corrected chi connectivity index (χ2v) is 7.42. The summed E-state index contributed by atoms with van der Waals surface area (Å²) in [6.07, 6.45) is 0. The molecule has 0 bridgehead atoms. The minimum Gasteiger partial charge on any atom is -0.425 e. The van der Waals surface area contributed by atoms with Gasteiger partial charge in [-0.3, -0.25) is 0 Å². The molecule has 0 amide bonds. The molecule has 0 N–H and O–H groups in total. The van der Waals surface area contributed by atoms with E-state index in [1.807, 2.05) is 54.6 Å². The van der Waals surface area contributed by atoms with Crippen LogP contribution in [0.15, 0.2) is 103 Å². The highest BCUT2D eigenvalue weighted by Crippen LogP contribution is 2.28. The smallest absolute Gasteiger partial charge is 0.337 e. The first-order valence-electron chi connectivity index (χ1n) is 10.3. The average Bonchev–Trinajstić information content (AvgIpc) is 2.81. The number of benzene rings is 4. The van der Waals surface area contributed by atoms with Crippen molar-refractivity contribution in [3.8, 4) is 28.0 Å². The lowest BCUT2D eigenvalue weighted by atomic mass is 9.98. The van der Waals surface area contributed by atoms with E-state index >= 15 is 0 Å². The molecule has 0 spiro atoms. The van der Waals surface area contributed by atoms with E-state index in [-0.39, 0.29) is 6.61 Å². The van der Waals surface area contributed by atoms with Crippen molar-refractivity contribution in [1.29, 1.82) is 0 Å².